The Bertz CT molecular complexity index is 713. The predicted octanol–water partition coefficient (Wildman–Crippen LogP) is 3.27. The number of ether oxygens (including phenoxy) is 1. The normalized spacial score (nSPS) is 22.1. The number of fused-ring (bicyclic) bond motifs is 3. The van der Waals surface area contributed by atoms with Crippen LogP contribution >= 0.6 is 0 Å². The molecular formula is C19H19NO2. The van der Waals surface area contributed by atoms with Crippen LogP contribution in [0.3, 0.4) is 0 Å². The molecule has 0 radical (unpaired) electrons. The lowest BCUT2D eigenvalue weighted by Gasteiger charge is -2.41. The molecule has 1 atom stereocenters. The van der Waals surface area contributed by atoms with E-state index in [-0.39, 0.29) is 5.91 Å². The van der Waals surface area contributed by atoms with Crippen LogP contribution in [0.2, 0.25) is 0 Å². The van der Waals surface area contributed by atoms with Crippen molar-refractivity contribution >= 4 is 5.91 Å². The van der Waals surface area contributed by atoms with Crippen molar-refractivity contribution in [3.8, 4) is 5.75 Å². The van der Waals surface area contributed by atoms with Crippen LogP contribution in [0.15, 0.2) is 48.5 Å². The van der Waals surface area contributed by atoms with Crippen LogP contribution in [0.1, 0.15) is 30.0 Å². The Morgan fingerprint density at radius 3 is 2.64 bits per heavy atom. The van der Waals surface area contributed by atoms with E-state index in [1.165, 1.54) is 16.7 Å². The van der Waals surface area contributed by atoms with Crippen LogP contribution in [0, 0.1) is 0 Å². The predicted molar refractivity (Wildman–Crippen MR) is 84.6 cm³/mol. The van der Waals surface area contributed by atoms with Crippen molar-refractivity contribution < 1.29 is 9.53 Å². The fourth-order valence-corrected chi connectivity index (χ4v) is 3.70. The summed E-state index contributed by atoms with van der Waals surface area (Å²) in [7, 11) is 0. The van der Waals surface area contributed by atoms with E-state index in [0.717, 1.165) is 12.2 Å². The Kier molecular flexibility index (Phi) is 2.96. The SMILES string of the molecule is CCC(=O)N1Cc2ccccc2C2(Cc3ccccc3O2)C1. The van der Waals surface area contributed by atoms with E-state index in [1.54, 1.807) is 0 Å². The molecule has 112 valence electrons. The molecular weight excluding hydrogens is 274 g/mol. The highest BCUT2D eigenvalue weighted by molar-refractivity contribution is 5.76. The highest BCUT2D eigenvalue weighted by Gasteiger charge is 2.46. The number of hydrogen-bond acceptors (Lipinski definition) is 2. The number of nitrogens with zero attached hydrogens (tertiary/aromatic N) is 1. The van der Waals surface area contributed by atoms with Gasteiger partial charge in [-0.25, -0.2) is 0 Å². The molecule has 22 heavy (non-hydrogen) atoms. The van der Waals surface area contributed by atoms with Crippen molar-refractivity contribution in [3.63, 3.8) is 0 Å². The molecule has 0 N–H and O–H groups in total. The van der Waals surface area contributed by atoms with E-state index in [1.807, 2.05) is 36.1 Å². The first-order valence-corrected chi connectivity index (χ1v) is 7.85. The summed E-state index contributed by atoms with van der Waals surface area (Å²) in [4.78, 5) is 14.2. The zero-order valence-corrected chi connectivity index (χ0v) is 12.7. The molecule has 1 spiro atoms. The number of carbonyl (C=O) groups excluding carboxylic acids is 1. The maximum atomic E-state index is 12.3. The highest BCUT2D eigenvalue weighted by atomic mass is 16.5. The summed E-state index contributed by atoms with van der Waals surface area (Å²) in [6.45, 7) is 3.23. The molecule has 0 saturated carbocycles. The van der Waals surface area contributed by atoms with Crippen LogP contribution < -0.4 is 4.74 Å². The van der Waals surface area contributed by atoms with Gasteiger partial charge in [0.05, 0.1) is 6.54 Å². The van der Waals surface area contributed by atoms with Gasteiger partial charge >= 0.3 is 0 Å². The van der Waals surface area contributed by atoms with E-state index < -0.39 is 5.60 Å². The molecule has 0 bridgehead atoms. The van der Waals surface area contributed by atoms with Gasteiger partial charge in [-0.2, -0.15) is 0 Å². The quantitative estimate of drug-likeness (QED) is 0.807. The van der Waals surface area contributed by atoms with E-state index in [0.29, 0.717) is 19.5 Å². The Hall–Kier alpha value is -2.29. The van der Waals surface area contributed by atoms with Crippen molar-refractivity contribution in [2.75, 3.05) is 6.54 Å². The van der Waals surface area contributed by atoms with Gasteiger partial charge in [0.1, 0.15) is 5.75 Å². The fraction of sp³-hybridized carbons (Fsp3) is 0.316. The second-order valence-corrected chi connectivity index (χ2v) is 6.14. The molecule has 0 fully saturated rings. The summed E-state index contributed by atoms with van der Waals surface area (Å²) in [5.41, 5.74) is 3.22. The van der Waals surface area contributed by atoms with Crippen molar-refractivity contribution in [1.29, 1.82) is 0 Å². The Morgan fingerprint density at radius 2 is 1.86 bits per heavy atom. The molecule has 0 aromatic heterocycles. The zero-order valence-electron chi connectivity index (χ0n) is 12.7. The zero-order chi connectivity index (χ0) is 15.2. The van der Waals surface area contributed by atoms with Gasteiger partial charge < -0.3 is 9.64 Å². The third kappa shape index (κ3) is 1.92. The molecule has 2 aromatic rings. The number of rotatable bonds is 1. The monoisotopic (exact) mass is 293 g/mol. The van der Waals surface area contributed by atoms with Crippen LogP contribution in [0.25, 0.3) is 0 Å². The number of carbonyl (C=O) groups is 1. The highest BCUT2D eigenvalue weighted by Crippen LogP contribution is 2.45. The average molecular weight is 293 g/mol. The topological polar surface area (TPSA) is 29.5 Å². The summed E-state index contributed by atoms with van der Waals surface area (Å²) in [6.07, 6.45) is 1.36. The van der Waals surface area contributed by atoms with Gasteiger partial charge in [0.25, 0.3) is 0 Å². The van der Waals surface area contributed by atoms with E-state index in [2.05, 4.69) is 24.3 Å². The second-order valence-electron chi connectivity index (χ2n) is 6.14. The lowest BCUT2D eigenvalue weighted by molar-refractivity contribution is -0.135. The van der Waals surface area contributed by atoms with Crippen molar-refractivity contribution in [3.05, 3.63) is 65.2 Å². The van der Waals surface area contributed by atoms with Gasteiger partial charge in [-0.3, -0.25) is 4.79 Å². The molecule has 3 nitrogen and oxygen atoms in total. The molecule has 2 aromatic carbocycles. The maximum Gasteiger partial charge on any atom is 0.222 e. The smallest absolute Gasteiger partial charge is 0.222 e. The van der Waals surface area contributed by atoms with Crippen LogP contribution in [-0.4, -0.2) is 17.4 Å². The van der Waals surface area contributed by atoms with Gasteiger partial charge in [0.2, 0.25) is 5.91 Å². The summed E-state index contributed by atoms with van der Waals surface area (Å²) < 4.78 is 6.39. The van der Waals surface area contributed by atoms with E-state index in [4.69, 9.17) is 4.74 Å². The summed E-state index contributed by atoms with van der Waals surface area (Å²) >= 11 is 0. The molecule has 1 amide bonds. The Labute approximate surface area is 130 Å². The molecule has 2 aliphatic heterocycles. The largest absolute Gasteiger partial charge is 0.480 e. The fourth-order valence-electron chi connectivity index (χ4n) is 3.70. The lowest BCUT2D eigenvalue weighted by Crippen LogP contribution is -2.50. The summed E-state index contributed by atoms with van der Waals surface area (Å²) in [5, 5.41) is 0. The van der Waals surface area contributed by atoms with Crippen molar-refractivity contribution in [2.45, 2.75) is 31.9 Å². The first-order valence-electron chi connectivity index (χ1n) is 7.85. The Morgan fingerprint density at radius 1 is 1.14 bits per heavy atom. The molecule has 0 aliphatic carbocycles. The molecule has 0 saturated heterocycles. The number of amides is 1. The minimum Gasteiger partial charge on any atom is -0.480 e. The number of hydrogen-bond donors (Lipinski definition) is 0. The van der Waals surface area contributed by atoms with E-state index >= 15 is 0 Å². The van der Waals surface area contributed by atoms with Crippen molar-refractivity contribution in [2.24, 2.45) is 0 Å². The average Bonchev–Trinajstić information content (AvgIpc) is 2.92. The first kappa shape index (κ1) is 13.4. The summed E-state index contributed by atoms with van der Waals surface area (Å²) in [5.74, 6) is 1.14. The maximum absolute atomic E-state index is 12.3. The van der Waals surface area contributed by atoms with Crippen LogP contribution in [0.4, 0.5) is 0 Å². The molecule has 4 rings (SSSR count). The number of para-hydroxylation sites is 1. The first-order chi connectivity index (χ1) is 10.7. The van der Waals surface area contributed by atoms with Gasteiger partial charge in [-0.05, 0) is 17.2 Å². The third-order valence-corrected chi connectivity index (χ3v) is 4.72. The lowest BCUT2D eigenvalue weighted by atomic mass is 9.82. The van der Waals surface area contributed by atoms with Gasteiger partial charge in [0.15, 0.2) is 5.60 Å². The standard InChI is InChI=1S/C19H19NO2/c1-2-18(21)20-12-15-8-3-5-9-16(15)19(13-20)11-14-7-4-6-10-17(14)22-19/h3-10H,2,11-13H2,1H3. The van der Waals surface area contributed by atoms with Crippen LogP contribution in [0.5, 0.6) is 5.75 Å². The minimum atomic E-state index is -0.427. The Balaban J connectivity index is 1.80. The van der Waals surface area contributed by atoms with Crippen LogP contribution in [-0.2, 0) is 23.4 Å². The minimum absolute atomic E-state index is 0.188. The molecule has 2 heterocycles. The molecule has 1 unspecified atom stereocenters. The van der Waals surface area contributed by atoms with Crippen molar-refractivity contribution in [1.82, 2.24) is 4.90 Å². The third-order valence-electron chi connectivity index (χ3n) is 4.72. The molecule has 3 heteroatoms. The summed E-state index contributed by atoms with van der Waals surface area (Å²) in [6, 6.07) is 16.5. The van der Waals surface area contributed by atoms with E-state index in [9.17, 15) is 4.79 Å². The molecule has 2 aliphatic rings. The number of benzene rings is 2. The van der Waals surface area contributed by atoms with Gasteiger partial charge in [-0.1, -0.05) is 49.4 Å². The second kappa shape index (κ2) is 4.87. The van der Waals surface area contributed by atoms with Gasteiger partial charge in [-0.15, -0.1) is 0 Å². The van der Waals surface area contributed by atoms with Gasteiger partial charge in [0, 0.05) is 24.9 Å².